The largest absolute Gasteiger partial charge is 0.454 e. The Morgan fingerprint density at radius 1 is 1.05 bits per heavy atom. The quantitative estimate of drug-likeness (QED) is 0.443. The molecule has 2 rings (SSSR count). The Balaban J connectivity index is 1.99. The number of carbonyl (C=O) groups excluding carboxylic acids is 2. The summed E-state index contributed by atoms with van der Waals surface area (Å²) >= 11 is 8.05. The van der Waals surface area contributed by atoms with Crippen molar-refractivity contribution >= 4 is 45.9 Å². The third kappa shape index (κ3) is 3.80. The van der Waals surface area contributed by atoms with E-state index in [0.29, 0.717) is 16.1 Å². The molecule has 0 unspecified atom stereocenters. The summed E-state index contributed by atoms with van der Waals surface area (Å²) in [4.78, 5) is 23.7. The number of ether oxygens (including phenoxy) is 1. The van der Waals surface area contributed by atoms with Gasteiger partial charge in [0.2, 0.25) is 5.78 Å². The summed E-state index contributed by atoms with van der Waals surface area (Å²) in [6.07, 6.45) is 0. The second-order valence-electron chi connectivity index (χ2n) is 3.99. The molecule has 0 bridgehead atoms. The van der Waals surface area contributed by atoms with Crippen LogP contribution in [0.2, 0.25) is 5.02 Å². The van der Waals surface area contributed by atoms with E-state index >= 15 is 0 Å². The molecule has 0 spiro atoms. The van der Waals surface area contributed by atoms with E-state index in [9.17, 15) is 9.59 Å². The highest BCUT2D eigenvalue weighted by Gasteiger charge is 2.13. The number of benzene rings is 2. The van der Waals surface area contributed by atoms with Crippen LogP contribution < -0.4 is 0 Å². The zero-order valence-corrected chi connectivity index (χ0v) is 13.2. The van der Waals surface area contributed by atoms with Gasteiger partial charge >= 0.3 is 5.97 Å². The van der Waals surface area contributed by atoms with Gasteiger partial charge < -0.3 is 4.74 Å². The van der Waals surface area contributed by atoms with Crippen LogP contribution in [0.5, 0.6) is 0 Å². The van der Waals surface area contributed by atoms with Gasteiger partial charge in [-0.3, -0.25) is 4.79 Å². The van der Waals surface area contributed by atoms with Crippen molar-refractivity contribution in [2.75, 3.05) is 6.61 Å². The minimum absolute atomic E-state index is 0.325. The molecular formula is C15H10ClIO3. The molecule has 0 atom stereocenters. The molecule has 20 heavy (non-hydrogen) atoms. The van der Waals surface area contributed by atoms with Crippen molar-refractivity contribution in [2.45, 2.75) is 0 Å². The molecule has 0 fully saturated rings. The van der Waals surface area contributed by atoms with Crippen LogP contribution in [0.25, 0.3) is 0 Å². The van der Waals surface area contributed by atoms with Gasteiger partial charge in [-0.05, 0) is 59.0 Å². The van der Waals surface area contributed by atoms with E-state index in [1.54, 1.807) is 48.5 Å². The Bertz CT molecular complexity index is 638. The lowest BCUT2D eigenvalue weighted by atomic mass is 10.1. The van der Waals surface area contributed by atoms with E-state index in [1.165, 1.54) is 0 Å². The van der Waals surface area contributed by atoms with Gasteiger partial charge in [0.15, 0.2) is 6.61 Å². The molecule has 2 aromatic rings. The summed E-state index contributed by atoms with van der Waals surface area (Å²) in [6, 6.07) is 13.6. The molecule has 102 valence electrons. The summed E-state index contributed by atoms with van der Waals surface area (Å²) < 4.78 is 6.01. The maximum atomic E-state index is 11.9. The molecule has 0 aliphatic carbocycles. The average molecular weight is 401 g/mol. The van der Waals surface area contributed by atoms with Crippen LogP contribution in [0, 0.1) is 3.57 Å². The molecule has 0 aliphatic heterocycles. The molecule has 3 nitrogen and oxygen atoms in total. The summed E-state index contributed by atoms with van der Waals surface area (Å²) in [5.74, 6) is -0.851. The zero-order valence-electron chi connectivity index (χ0n) is 10.3. The monoisotopic (exact) mass is 400 g/mol. The fourth-order valence-corrected chi connectivity index (χ4v) is 2.17. The van der Waals surface area contributed by atoms with Crippen molar-refractivity contribution in [3.8, 4) is 0 Å². The van der Waals surface area contributed by atoms with E-state index in [-0.39, 0.29) is 12.4 Å². The first kappa shape index (κ1) is 15.0. The highest BCUT2D eigenvalue weighted by Crippen LogP contribution is 2.16. The Morgan fingerprint density at radius 2 is 1.70 bits per heavy atom. The van der Waals surface area contributed by atoms with Gasteiger partial charge in [0.1, 0.15) is 0 Å². The van der Waals surface area contributed by atoms with E-state index in [4.69, 9.17) is 16.3 Å². The topological polar surface area (TPSA) is 43.4 Å². The summed E-state index contributed by atoms with van der Waals surface area (Å²) in [5, 5.41) is 0.350. The minimum Gasteiger partial charge on any atom is -0.454 e. The molecule has 5 heteroatoms. The summed E-state index contributed by atoms with van der Waals surface area (Å²) in [7, 11) is 0. The summed E-state index contributed by atoms with van der Waals surface area (Å²) in [6.45, 7) is -0.325. The third-order valence-corrected chi connectivity index (χ3v) is 3.64. The lowest BCUT2D eigenvalue weighted by Gasteiger charge is -2.05. The van der Waals surface area contributed by atoms with Crippen molar-refractivity contribution in [1.82, 2.24) is 0 Å². The van der Waals surface area contributed by atoms with Gasteiger partial charge in [-0.1, -0.05) is 23.7 Å². The van der Waals surface area contributed by atoms with Crippen molar-refractivity contribution in [3.05, 3.63) is 68.3 Å². The molecule has 0 heterocycles. The molecule has 0 radical (unpaired) electrons. The standard InChI is InChI=1S/C15H10ClIO3/c16-13-4-2-1-3-12(13)14(18)9-20-15(19)10-5-7-11(17)8-6-10/h1-8H,9H2. The molecule has 0 N–H and O–H groups in total. The lowest BCUT2D eigenvalue weighted by molar-refractivity contribution is 0.0475. The van der Waals surface area contributed by atoms with Gasteiger partial charge in [0, 0.05) is 9.13 Å². The van der Waals surface area contributed by atoms with Crippen LogP contribution in [0.3, 0.4) is 0 Å². The van der Waals surface area contributed by atoms with Crippen LogP contribution in [0.4, 0.5) is 0 Å². The fourth-order valence-electron chi connectivity index (χ4n) is 1.57. The Kier molecular flexibility index (Phi) is 5.14. The third-order valence-electron chi connectivity index (χ3n) is 2.59. The maximum absolute atomic E-state index is 11.9. The van der Waals surface area contributed by atoms with Crippen molar-refractivity contribution in [3.63, 3.8) is 0 Å². The predicted octanol–water partition coefficient (Wildman–Crippen LogP) is 3.98. The van der Waals surface area contributed by atoms with Crippen LogP contribution in [0.15, 0.2) is 48.5 Å². The molecule has 0 aromatic heterocycles. The number of hydrogen-bond acceptors (Lipinski definition) is 3. The number of rotatable bonds is 4. The van der Waals surface area contributed by atoms with Gasteiger partial charge in [-0.15, -0.1) is 0 Å². The Labute approximate surface area is 135 Å². The lowest BCUT2D eigenvalue weighted by Crippen LogP contribution is -2.14. The first-order chi connectivity index (χ1) is 9.58. The number of esters is 1. The molecule has 0 aliphatic rings. The maximum Gasteiger partial charge on any atom is 0.338 e. The second-order valence-corrected chi connectivity index (χ2v) is 5.64. The van der Waals surface area contributed by atoms with Crippen LogP contribution in [0.1, 0.15) is 20.7 Å². The van der Waals surface area contributed by atoms with Gasteiger partial charge in [-0.25, -0.2) is 4.79 Å². The SMILES string of the molecule is O=C(OCC(=O)c1ccccc1Cl)c1ccc(I)cc1. The van der Waals surface area contributed by atoms with Crippen LogP contribution >= 0.6 is 34.2 Å². The fraction of sp³-hybridized carbons (Fsp3) is 0.0667. The first-order valence-electron chi connectivity index (χ1n) is 5.78. The van der Waals surface area contributed by atoms with E-state index in [1.807, 2.05) is 0 Å². The zero-order chi connectivity index (χ0) is 14.5. The smallest absolute Gasteiger partial charge is 0.338 e. The molecule has 2 aromatic carbocycles. The minimum atomic E-state index is -0.526. The van der Waals surface area contributed by atoms with Gasteiger partial charge in [-0.2, -0.15) is 0 Å². The van der Waals surface area contributed by atoms with Crippen LogP contribution in [-0.2, 0) is 4.74 Å². The summed E-state index contributed by atoms with van der Waals surface area (Å²) in [5.41, 5.74) is 0.766. The predicted molar refractivity (Wildman–Crippen MR) is 85.2 cm³/mol. The van der Waals surface area contributed by atoms with E-state index in [0.717, 1.165) is 3.57 Å². The Hall–Kier alpha value is -1.40. The van der Waals surface area contributed by atoms with Crippen molar-refractivity contribution in [2.24, 2.45) is 0 Å². The molecule has 0 saturated carbocycles. The van der Waals surface area contributed by atoms with Gasteiger partial charge in [0.25, 0.3) is 0 Å². The average Bonchev–Trinajstić information content (AvgIpc) is 2.45. The highest BCUT2D eigenvalue weighted by molar-refractivity contribution is 14.1. The number of Topliss-reactive ketones (excluding diaryl/α,β-unsaturated/α-hetero) is 1. The van der Waals surface area contributed by atoms with Crippen molar-refractivity contribution in [1.29, 1.82) is 0 Å². The second kappa shape index (κ2) is 6.85. The van der Waals surface area contributed by atoms with E-state index < -0.39 is 5.97 Å². The number of ketones is 1. The number of carbonyl (C=O) groups is 2. The van der Waals surface area contributed by atoms with Gasteiger partial charge in [0.05, 0.1) is 10.6 Å². The number of halogens is 2. The highest BCUT2D eigenvalue weighted by atomic mass is 127. The van der Waals surface area contributed by atoms with E-state index in [2.05, 4.69) is 22.6 Å². The van der Waals surface area contributed by atoms with Crippen molar-refractivity contribution < 1.29 is 14.3 Å². The molecule has 0 amide bonds. The molecule has 0 saturated heterocycles. The van der Waals surface area contributed by atoms with Crippen LogP contribution in [-0.4, -0.2) is 18.4 Å². The normalized spacial score (nSPS) is 10.1. The Morgan fingerprint density at radius 3 is 2.35 bits per heavy atom. The number of hydrogen-bond donors (Lipinski definition) is 0. The molecular weight excluding hydrogens is 391 g/mol. The first-order valence-corrected chi connectivity index (χ1v) is 7.24.